The Balaban J connectivity index is -0.000000206. The van der Waals surface area contributed by atoms with Crippen molar-refractivity contribution in [3.05, 3.63) is 85.1 Å². The maximum absolute atomic E-state index is 11.5. The molecule has 2 bridgehead atoms. The van der Waals surface area contributed by atoms with Crippen LogP contribution in [0.5, 0.6) is 0 Å². The standard InChI is InChI=1S/C9H14.C7H9F3O2.C6H7F3O2.C6H9F3.C6H10O2.C5H7F3.C5H10/c1-2-8-5-7-3-4-9(8)6-7;1-5(2)6(11)12-4-3-7(8,9)10;1-4(2)5(10)11-3-6(7,8)9;1-5(2)3-4-6(7,8)9;1-4-8-6(7)5(2)3;1-4(2)3-5(6,7)8;1-4-5(2)3/h3-4,7-9H,2,5-6H2,1H3;1,3-4H2,2H3;1,3H2,2H3;1,3-4H2,2H3;2,4H2,1,3H3;1,3H2,2H3;2,4H2,1,3H3. The Hall–Kier alpha value is -4.25. The Bertz CT molecular complexity index is 1420. The van der Waals surface area contributed by atoms with Gasteiger partial charge < -0.3 is 14.2 Å². The fourth-order valence-corrected chi connectivity index (χ4v) is 3.97. The van der Waals surface area contributed by atoms with Crippen molar-refractivity contribution in [2.45, 2.75) is 138 Å². The lowest BCUT2D eigenvalue weighted by molar-refractivity contribution is -0.183. The second-order valence-electron chi connectivity index (χ2n) is 14.3. The average Bonchev–Trinajstić information content (AvgIpc) is 3.73. The molecule has 0 aromatic rings. The van der Waals surface area contributed by atoms with E-state index in [1.165, 1.54) is 45.6 Å². The van der Waals surface area contributed by atoms with Crippen LogP contribution in [0, 0.1) is 17.8 Å². The first-order valence-electron chi connectivity index (χ1n) is 19.2. The number of hydrogen-bond acceptors (Lipinski definition) is 6. The van der Waals surface area contributed by atoms with Gasteiger partial charge in [-0.15, -0.1) is 13.2 Å². The lowest BCUT2D eigenvalue weighted by Gasteiger charge is -2.14. The van der Waals surface area contributed by atoms with Crippen molar-refractivity contribution in [3.8, 4) is 0 Å². The van der Waals surface area contributed by atoms with E-state index in [0.717, 1.165) is 24.2 Å². The van der Waals surface area contributed by atoms with Gasteiger partial charge in [0.05, 0.1) is 19.4 Å². The maximum Gasteiger partial charge on any atom is 0.422 e. The second kappa shape index (κ2) is 34.3. The molecule has 0 radical (unpaired) electrons. The topological polar surface area (TPSA) is 78.9 Å². The summed E-state index contributed by atoms with van der Waals surface area (Å²) in [6, 6.07) is 0. The molecule has 362 valence electrons. The zero-order valence-electron chi connectivity index (χ0n) is 37.4. The highest BCUT2D eigenvalue weighted by Gasteiger charge is 2.34. The number of hydrogen-bond donors (Lipinski definition) is 0. The molecule has 0 aromatic heterocycles. The van der Waals surface area contributed by atoms with Crippen LogP contribution in [0.15, 0.2) is 85.1 Å². The van der Waals surface area contributed by atoms with Crippen molar-refractivity contribution in [3.63, 3.8) is 0 Å². The van der Waals surface area contributed by atoms with Gasteiger partial charge in [-0.3, -0.25) is 0 Å². The molecule has 1 fully saturated rings. The summed E-state index contributed by atoms with van der Waals surface area (Å²) in [5.74, 6) is 0.856. The predicted molar refractivity (Wildman–Crippen MR) is 220 cm³/mol. The normalized spacial score (nSPS) is 15.7. The number of esters is 3. The number of allylic oxidation sites excluding steroid dienone is 5. The first-order valence-corrected chi connectivity index (χ1v) is 19.2. The molecule has 2 rings (SSSR count). The maximum atomic E-state index is 11.5. The minimum Gasteiger partial charge on any atom is -0.463 e. The molecule has 0 aliphatic heterocycles. The van der Waals surface area contributed by atoms with Gasteiger partial charge in [-0.05, 0) is 91.9 Å². The number of rotatable bonds is 12. The van der Waals surface area contributed by atoms with Gasteiger partial charge in [0.25, 0.3) is 0 Å². The highest BCUT2D eigenvalue weighted by Crippen LogP contribution is 2.44. The van der Waals surface area contributed by atoms with Crippen LogP contribution in [0.2, 0.25) is 0 Å². The summed E-state index contributed by atoms with van der Waals surface area (Å²) in [6.07, 6.45) is -9.24. The first-order chi connectivity index (χ1) is 27.8. The Morgan fingerprint density at radius 3 is 1.16 bits per heavy atom. The SMILES string of the molecule is C=C(C)C(=O)OCC.C=C(C)C(=O)OCC(F)(F)F.C=C(C)C(=O)OCCC(F)(F)F.C=C(C)CC.C=C(C)CC(F)(F)F.C=C(C)CCC(F)(F)F.CCC1CC2C=CC1C2. The van der Waals surface area contributed by atoms with Gasteiger partial charge in [0.15, 0.2) is 6.61 Å². The molecule has 2 aliphatic carbocycles. The van der Waals surface area contributed by atoms with Crippen LogP contribution < -0.4 is 0 Å². The lowest BCUT2D eigenvalue weighted by atomic mass is 9.91. The number of carbonyl (C=O) groups excluding carboxylic acids is 3. The molecule has 3 atom stereocenters. The van der Waals surface area contributed by atoms with E-state index in [1.807, 2.05) is 6.92 Å². The molecule has 2 aliphatic rings. The van der Waals surface area contributed by atoms with Gasteiger partial charge in [-0.25, -0.2) is 14.4 Å². The molecule has 0 N–H and O–H groups in total. The van der Waals surface area contributed by atoms with E-state index >= 15 is 0 Å². The van der Waals surface area contributed by atoms with Gasteiger partial charge >= 0.3 is 42.6 Å². The van der Waals surface area contributed by atoms with Crippen LogP contribution >= 0.6 is 0 Å². The molecule has 18 heteroatoms. The van der Waals surface area contributed by atoms with Crippen LogP contribution in [0.1, 0.15) is 114 Å². The monoisotopic (exact) mass is 918 g/mol. The third kappa shape index (κ3) is 53.8. The van der Waals surface area contributed by atoms with E-state index in [0.29, 0.717) is 17.8 Å². The molecule has 1 saturated carbocycles. The Labute approximate surface area is 359 Å². The molecule has 0 amide bonds. The predicted octanol–water partition coefficient (Wildman–Crippen LogP) is 14.9. The van der Waals surface area contributed by atoms with E-state index in [1.54, 1.807) is 20.8 Å². The fraction of sp³-hybridized carbons (Fsp3) is 0.614. The summed E-state index contributed by atoms with van der Waals surface area (Å²) >= 11 is 0. The summed E-state index contributed by atoms with van der Waals surface area (Å²) in [5, 5.41) is 0. The largest absolute Gasteiger partial charge is 0.463 e. The van der Waals surface area contributed by atoms with Crippen LogP contribution in [0.3, 0.4) is 0 Å². The van der Waals surface area contributed by atoms with Crippen LogP contribution in [0.25, 0.3) is 0 Å². The zero-order chi connectivity index (χ0) is 50.2. The zero-order valence-corrected chi connectivity index (χ0v) is 37.4. The summed E-state index contributed by atoms with van der Waals surface area (Å²) < 4.78 is 149. The summed E-state index contributed by atoms with van der Waals surface area (Å²) in [4.78, 5) is 31.3. The van der Waals surface area contributed by atoms with Gasteiger partial charge in [0, 0.05) is 23.1 Å². The number of halogens is 12. The van der Waals surface area contributed by atoms with Crippen molar-refractivity contribution >= 4 is 17.9 Å². The number of carbonyl (C=O) groups is 3. The van der Waals surface area contributed by atoms with E-state index in [9.17, 15) is 67.1 Å². The Morgan fingerprint density at radius 1 is 0.548 bits per heavy atom. The first kappa shape index (κ1) is 66.8. The molecule has 0 spiro atoms. The molecule has 3 unspecified atom stereocenters. The van der Waals surface area contributed by atoms with E-state index in [4.69, 9.17) is 0 Å². The van der Waals surface area contributed by atoms with Gasteiger partial charge in [-0.1, -0.05) is 75.5 Å². The summed E-state index contributed by atoms with van der Waals surface area (Å²) in [6.45, 7) is 33.5. The summed E-state index contributed by atoms with van der Waals surface area (Å²) in [7, 11) is 0. The Kier molecular flexibility index (Phi) is 36.9. The van der Waals surface area contributed by atoms with Crippen molar-refractivity contribution in [1.82, 2.24) is 0 Å². The quantitative estimate of drug-likeness (QED) is 0.0638. The van der Waals surface area contributed by atoms with Crippen LogP contribution in [-0.4, -0.2) is 62.4 Å². The minimum absolute atomic E-state index is 0.0451. The van der Waals surface area contributed by atoms with Gasteiger partial charge in [-0.2, -0.15) is 52.7 Å². The van der Waals surface area contributed by atoms with Crippen molar-refractivity contribution in [2.24, 2.45) is 17.8 Å². The van der Waals surface area contributed by atoms with Crippen molar-refractivity contribution in [2.75, 3.05) is 19.8 Å². The Morgan fingerprint density at radius 2 is 0.968 bits per heavy atom. The third-order valence-corrected chi connectivity index (χ3v) is 7.19. The van der Waals surface area contributed by atoms with E-state index in [2.05, 4.69) is 79.7 Å². The molecule has 0 aromatic carbocycles. The molecular weight excluding hydrogens is 852 g/mol. The highest BCUT2D eigenvalue weighted by atomic mass is 19.4. The lowest BCUT2D eigenvalue weighted by Crippen LogP contribution is -2.20. The van der Waals surface area contributed by atoms with Gasteiger partial charge in [0.1, 0.15) is 6.61 Å². The summed E-state index contributed by atoms with van der Waals surface area (Å²) in [5.41, 5.74) is 2.48. The third-order valence-electron chi connectivity index (χ3n) is 7.19. The van der Waals surface area contributed by atoms with Gasteiger partial charge in [0.2, 0.25) is 0 Å². The number of alkyl halides is 12. The average molecular weight is 919 g/mol. The molecule has 0 heterocycles. The van der Waals surface area contributed by atoms with Crippen molar-refractivity contribution in [1.29, 1.82) is 0 Å². The second-order valence-corrected chi connectivity index (χ2v) is 14.3. The number of ether oxygens (including phenoxy) is 3. The van der Waals surface area contributed by atoms with E-state index in [-0.39, 0.29) is 29.1 Å². The van der Waals surface area contributed by atoms with Crippen LogP contribution in [-0.2, 0) is 28.6 Å². The fourth-order valence-electron chi connectivity index (χ4n) is 3.97. The number of fused-ring (bicyclic) bond motifs is 2. The van der Waals surface area contributed by atoms with Crippen molar-refractivity contribution < 1.29 is 81.3 Å². The molecule has 62 heavy (non-hydrogen) atoms. The van der Waals surface area contributed by atoms with E-state index < -0.39 is 69.1 Å². The molecule has 6 nitrogen and oxygen atoms in total. The van der Waals surface area contributed by atoms with Crippen LogP contribution in [0.4, 0.5) is 52.7 Å². The smallest absolute Gasteiger partial charge is 0.422 e. The highest BCUT2D eigenvalue weighted by molar-refractivity contribution is 5.87. The minimum atomic E-state index is -4.47. The molecular formula is C44H66F12O6. The molecule has 0 saturated heterocycles.